The van der Waals surface area contributed by atoms with E-state index in [4.69, 9.17) is 5.10 Å². The Bertz CT molecular complexity index is 1120. The Morgan fingerprint density at radius 2 is 1.81 bits per heavy atom. The van der Waals surface area contributed by atoms with Gasteiger partial charge in [-0.1, -0.05) is 41.6 Å². The fraction of sp³-hybridized carbons (Fsp3) is 0.217. The van der Waals surface area contributed by atoms with Gasteiger partial charge in [-0.3, -0.25) is 0 Å². The molecule has 0 bridgehead atoms. The van der Waals surface area contributed by atoms with E-state index in [1.54, 1.807) is 17.5 Å². The van der Waals surface area contributed by atoms with E-state index in [1.165, 1.54) is 5.69 Å². The number of para-hydroxylation sites is 1. The molecule has 156 valence electrons. The minimum absolute atomic E-state index is 0.520. The molecule has 5 rings (SSSR count). The summed E-state index contributed by atoms with van der Waals surface area (Å²) in [6, 6.07) is 18.7. The van der Waals surface area contributed by atoms with Crippen molar-refractivity contribution in [2.24, 2.45) is 15.4 Å². The number of nitrogens with zero attached hydrogens (tertiary/aromatic N) is 7. The lowest BCUT2D eigenvalue weighted by molar-refractivity contribution is 0.454. The van der Waals surface area contributed by atoms with E-state index >= 15 is 0 Å². The van der Waals surface area contributed by atoms with E-state index in [9.17, 15) is 0 Å². The van der Waals surface area contributed by atoms with Crippen LogP contribution in [0.15, 0.2) is 87.7 Å². The van der Waals surface area contributed by atoms with Gasteiger partial charge in [-0.05, 0) is 35.9 Å². The van der Waals surface area contributed by atoms with Crippen molar-refractivity contribution in [3.05, 3.63) is 77.8 Å². The van der Waals surface area contributed by atoms with Crippen molar-refractivity contribution in [3.63, 3.8) is 0 Å². The van der Waals surface area contributed by atoms with Gasteiger partial charge < -0.3 is 4.90 Å². The van der Waals surface area contributed by atoms with Crippen molar-refractivity contribution in [1.29, 1.82) is 0 Å². The van der Waals surface area contributed by atoms with Gasteiger partial charge in [0.05, 0.1) is 11.4 Å². The number of benzene rings is 2. The molecule has 0 amide bonds. The molecule has 0 aliphatic carbocycles. The van der Waals surface area contributed by atoms with E-state index in [0.717, 1.165) is 22.1 Å². The molecule has 1 aromatic heterocycles. The largest absolute Gasteiger partial charge is 0.378 e. The Kier molecular flexibility index (Phi) is 4.99. The summed E-state index contributed by atoms with van der Waals surface area (Å²) < 4.78 is 0. The summed E-state index contributed by atoms with van der Waals surface area (Å²) >= 11 is 1.55. The maximum atomic E-state index is 4.98. The summed E-state index contributed by atoms with van der Waals surface area (Å²) in [5.41, 5.74) is 3.79. The monoisotopic (exact) mass is 429 g/mol. The van der Waals surface area contributed by atoms with E-state index in [-0.39, 0.29) is 0 Å². The number of thiazole rings is 1. The summed E-state index contributed by atoms with van der Waals surface area (Å²) in [4.78, 5) is 6.57. The maximum Gasteiger partial charge on any atom is 0.209 e. The standard InChI is InChI=1S/C23H23N7S/c1-28(2)20-12-9-18(10-13-20)8-11-19-16-23(29(26-19)21-6-4-3-5-7-21)17-25-27-30(23)22-24-14-15-31-22/h3-15H,16-17H2,1-2H3/b11-8+. The maximum absolute atomic E-state index is 4.98. The highest BCUT2D eigenvalue weighted by Gasteiger charge is 2.52. The molecule has 31 heavy (non-hydrogen) atoms. The molecule has 3 heterocycles. The van der Waals surface area contributed by atoms with Crippen LogP contribution in [0.5, 0.6) is 0 Å². The average molecular weight is 430 g/mol. The number of aromatic nitrogens is 1. The summed E-state index contributed by atoms with van der Waals surface area (Å²) in [6.07, 6.45) is 6.69. The minimum Gasteiger partial charge on any atom is -0.378 e. The lowest BCUT2D eigenvalue weighted by atomic mass is 10.0. The van der Waals surface area contributed by atoms with Crippen LogP contribution < -0.4 is 14.9 Å². The third-order valence-electron chi connectivity index (χ3n) is 5.44. The van der Waals surface area contributed by atoms with Gasteiger partial charge in [0.1, 0.15) is 6.54 Å². The minimum atomic E-state index is -0.520. The number of anilines is 3. The van der Waals surface area contributed by atoms with Gasteiger partial charge in [0.2, 0.25) is 5.13 Å². The molecule has 2 aromatic carbocycles. The van der Waals surface area contributed by atoms with Gasteiger partial charge in [0, 0.05) is 37.8 Å². The van der Waals surface area contributed by atoms with Gasteiger partial charge in [-0.15, -0.1) is 11.3 Å². The third kappa shape index (κ3) is 3.59. The Morgan fingerprint density at radius 3 is 2.52 bits per heavy atom. The fourth-order valence-corrected chi connectivity index (χ4v) is 4.51. The van der Waals surface area contributed by atoms with Gasteiger partial charge in [-0.2, -0.15) is 15.2 Å². The van der Waals surface area contributed by atoms with E-state index in [1.807, 2.05) is 47.7 Å². The van der Waals surface area contributed by atoms with Crippen LogP contribution in [0.4, 0.5) is 16.5 Å². The second-order valence-electron chi connectivity index (χ2n) is 7.73. The normalized spacial score (nSPS) is 20.3. The molecule has 0 saturated carbocycles. The first-order valence-corrected chi connectivity index (χ1v) is 11.0. The molecular formula is C23H23N7S. The molecule has 0 radical (unpaired) electrons. The van der Waals surface area contributed by atoms with Gasteiger partial charge in [0.25, 0.3) is 0 Å². The smallest absolute Gasteiger partial charge is 0.209 e. The van der Waals surface area contributed by atoms with Crippen molar-refractivity contribution >= 4 is 39.6 Å². The van der Waals surface area contributed by atoms with E-state index in [0.29, 0.717) is 13.0 Å². The molecule has 0 N–H and O–H groups in total. The summed E-state index contributed by atoms with van der Waals surface area (Å²) in [5.74, 6) is 0. The predicted octanol–water partition coefficient (Wildman–Crippen LogP) is 5.07. The number of rotatable bonds is 5. The zero-order valence-corrected chi connectivity index (χ0v) is 18.3. The molecule has 2 aliphatic rings. The van der Waals surface area contributed by atoms with E-state index in [2.05, 4.69) is 68.8 Å². The molecule has 1 spiro atoms. The zero-order valence-electron chi connectivity index (χ0n) is 17.5. The molecule has 1 unspecified atom stereocenters. The van der Waals surface area contributed by atoms with Gasteiger partial charge in [0.15, 0.2) is 5.66 Å². The molecular weight excluding hydrogens is 406 g/mol. The Morgan fingerprint density at radius 1 is 1.00 bits per heavy atom. The summed E-state index contributed by atoms with van der Waals surface area (Å²) in [7, 11) is 4.09. The summed E-state index contributed by atoms with van der Waals surface area (Å²) in [5, 5.41) is 20.5. The highest BCUT2D eigenvalue weighted by molar-refractivity contribution is 7.13. The van der Waals surface area contributed by atoms with Crippen molar-refractivity contribution in [2.75, 3.05) is 35.6 Å². The zero-order chi connectivity index (χ0) is 21.3. The van der Waals surface area contributed by atoms with Crippen molar-refractivity contribution in [2.45, 2.75) is 12.1 Å². The quantitative estimate of drug-likeness (QED) is 0.568. The fourth-order valence-electron chi connectivity index (χ4n) is 3.84. The molecule has 2 aliphatic heterocycles. The van der Waals surface area contributed by atoms with Crippen molar-refractivity contribution < 1.29 is 0 Å². The lowest BCUT2D eigenvalue weighted by Gasteiger charge is -2.37. The van der Waals surface area contributed by atoms with Crippen LogP contribution in [0.1, 0.15) is 12.0 Å². The van der Waals surface area contributed by atoms with Crippen molar-refractivity contribution in [1.82, 2.24) is 4.98 Å². The molecule has 1 atom stereocenters. The average Bonchev–Trinajstić information content (AvgIpc) is 3.54. The van der Waals surface area contributed by atoms with Crippen LogP contribution in [-0.4, -0.2) is 37.0 Å². The van der Waals surface area contributed by atoms with Crippen LogP contribution in [0, 0.1) is 0 Å². The Hall–Kier alpha value is -3.52. The lowest BCUT2D eigenvalue weighted by Crippen LogP contribution is -2.55. The second-order valence-corrected chi connectivity index (χ2v) is 8.61. The molecule has 3 aromatic rings. The van der Waals surface area contributed by atoms with E-state index < -0.39 is 5.66 Å². The highest BCUT2D eigenvalue weighted by atomic mass is 32.1. The third-order valence-corrected chi connectivity index (χ3v) is 6.18. The molecule has 0 fully saturated rings. The highest BCUT2D eigenvalue weighted by Crippen LogP contribution is 2.42. The predicted molar refractivity (Wildman–Crippen MR) is 128 cm³/mol. The second kappa shape index (κ2) is 7.96. The first-order chi connectivity index (χ1) is 15.2. The molecule has 0 saturated heterocycles. The van der Waals surface area contributed by atoms with Crippen LogP contribution in [0.25, 0.3) is 6.08 Å². The topological polar surface area (TPSA) is 59.7 Å². The van der Waals surface area contributed by atoms with Crippen LogP contribution in [0.3, 0.4) is 0 Å². The number of hydrogen-bond acceptors (Lipinski definition) is 8. The van der Waals surface area contributed by atoms with Crippen LogP contribution >= 0.6 is 11.3 Å². The summed E-state index contributed by atoms with van der Waals surface area (Å²) in [6.45, 7) is 0.528. The Labute approximate surface area is 185 Å². The van der Waals surface area contributed by atoms with Crippen molar-refractivity contribution in [3.8, 4) is 0 Å². The SMILES string of the molecule is CN(C)c1ccc(/C=C/C2=NN(c3ccccc3)C3(CN=NN3c3nccs3)C2)cc1. The number of allylic oxidation sites excluding steroid dienone is 1. The Balaban J connectivity index is 1.47. The van der Waals surface area contributed by atoms with Gasteiger partial charge >= 0.3 is 0 Å². The molecule has 7 nitrogen and oxygen atoms in total. The van der Waals surface area contributed by atoms with Gasteiger partial charge in [-0.25, -0.2) is 9.99 Å². The molecule has 8 heteroatoms. The number of hydrazone groups is 1. The van der Waals surface area contributed by atoms with Crippen LogP contribution in [0.2, 0.25) is 0 Å². The first-order valence-electron chi connectivity index (χ1n) is 10.1. The number of hydrogen-bond donors (Lipinski definition) is 0. The first kappa shape index (κ1) is 19.4. The van der Waals surface area contributed by atoms with Crippen LogP contribution in [-0.2, 0) is 0 Å².